The molecule has 0 bridgehead atoms. The number of nitrogens with one attached hydrogen (secondary N) is 1. The van der Waals surface area contributed by atoms with Gasteiger partial charge in [-0.15, -0.1) is 0 Å². The Morgan fingerprint density at radius 2 is 1.90 bits per heavy atom. The summed E-state index contributed by atoms with van der Waals surface area (Å²) >= 11 is 0. The molecule has 0 spiro atoms. The number of guanidine groups is 1. The van der Waals surface area contributed by atoms with Gasteiger partial charge in [0.15, 0.2) is 5.96 Å². The maximum atomic E-state index is 13.1. The quantitative estimate of drug-likeness (QED) is 0.344. The molecule has 31 heavy (non-hydrogen) atoms. The predicted octanol–water partition coefficient (Wildman–Crippen LogP) is 1.90. The molecule has 0 radical (unpaired) electrons. The molecule has 3 rings (SSSR count). The molecule has 7 nitrogen and oxygen atoms in total. The summed E-state index contributed by atoms with van der Waals surface area (Å²) in [5.74, 6) is 1.40. The number of rotatable bonds is 10. The maximum absolute atomic E-state index is 13.1. The van der Waals surface area contributed by atoms with E-state index in [1.54, 1.807) is 7.11 Å². The van der Waals surface area contributed by atoms with Gasteiger partial charge in [0.25, 0.3) is 0 Å². The van der Waals surface area contributed by atoms with Crippen molar-refractivity contribution in [3.8, 4) is 0 Å². The first-order chi connectivity index (χ1) is 15.2. The molecule has 1 aromatic rings. The Morgan fingerprint density at radius 1 is 1.13 bits per heavy atom. The molecule has 2 fully saturated rings. The minimum absolute atomic E-state index is 0.181. The molecular formula is C23H38FN5O2. The zero-order chi connectivity index (χ0) is 21.9. The van der Waals surface area contributed by atoms with E-state index in [4.69, 9.17) is 14.5 Å². The fourth-order valence-corrected chi connectivity index (χ4v) is 4.16. The van der Waals surface area contributed by atoms with E-state index < -0.39 is 0 Å². The highest BCUT2D eigenvalue weighted by molar-refractivity contribution is 5.80. The van der Waals surface area contributed by atoms with Crippen molar-refractivity contribution in [2.45, 2.75) is 13.3 Å². The van der Waals surface area contributed by atoms with Crippen molar-refractivity contribution in [3.05, 3.63) is 30.1 Å². The molecule has 1 unspecified atom stereocenters. The van der Waals surface area contributed by atoms with Crippen LogP contribution in [0.2, 0.25) is 0 Å². The molecule has 0 saturated carbocycles. The molecule has 8 heteroatoms. The van der Waals surface area contributed by atoms with Gasteiger partial charge in [-0.25, -0.2) is 4.39 Å². The van der Waals surface area contributed by atoms with Crippen molar-refractivity contribution in [2.75, 3.05) is 90.7 Å². The van der Waals surface area contributed by atoms with Crippen molar-refractivity contribution in [1.82, 2.24) is 15.1 Å². The molecule has 2 aliphatic heterocycles. The minimum Gasteiger partial charge on any atom is -0.382 e. The molecule has 2 saturated heterocycles. The van der Waals surface area contributed by atoms with Gasteiger partial charge < -0.3 is 24.6 Å². The third kappa shape index (κ3) is 7.63. The number of nitrogens with zero attached hydrogens (tertiary/aromatic N) is 4. The van der Waals surface area contributed by atoms with E-state index in [0.717, 1.165) is 83.6 Å². The Labute approximate surface area is 186 Å². The highest BCUT2D eigenvalue weighted by atomic mass is 19.1. The molecule has 2 heterocycles. The third-order valence-corrected chi connectivity index (χ3v) is 5.95. The topological polar surface area (TPSA) is 52.6 Å². The second-order valence-electron chi connectivity index (χ2n) is 8.21. The molecule has 0 amide bonds. The Morgan fingerprint density at radius 3 is 2.61 bits per heavy atom. The number of halogens is 1. The number of piperazine rings is 1. The van der Waals surface area contributed by atoms with Crippen LogP contribution in [0.25, 0.3) is 0 Å². The van der Waals surface area contributed by atoms with Gasteiger partial charge in [-0.2, -0.15) is 0 Å². The van der Waals surface area contributed by atoms with E-state index in [2.05, 4.69) is 26.9 Å². The Balaban J connectivity index is 1.39. The number of hydrogen-bond donors (Lipinski definition) is 1. The summed E-state index contributed by atoms with van der Waals surface area (Å²) in [6.07, 6.45) is 1.14. The van der Waals surface area contributed by atoms with Crippen LogP contribution in [-0.4, -0.2) is 102 Å². The van der Waals surface area contributed by atoms with Gasteiger partial charge in [0, 0.05) is 71.1 Å². The maximum Gasteiger partial charge on any atom is 0.193 e. The van der Waals surface area contributed by atoms with Crippen LogP contribution in [0.4, 0.5) is 10.1 Å². The van der Waals surface area contributed by atoms with Crippen LogP contribution in [0.5, 0.6) is 0 Å². The van der Waals surface area contributed by atoms with Crippen molar-refractivity contribution in [1.29, 1.82) is 0 Å². The Bertz CT molecular complexity index is 664. The van der Waals surface area contributed by atoms with E-state index in [1.807, 2.05) is 12.1 Å². The lowest BCUT2D eigenvalue weighted by Crippen LogP contribution is -2.47. The van der Waals surface area contributed by atoms with Gasteiger partial charge in [-0.05, 0) is 37.6 Å². The molecule has 0 aliphatic carbocycles. The first kappa shape index (κ1) is 23.8. The smallest absolute Gasteiger partial charge is 0.193 e. The van der Waals surface area contributed by atoms with Gasteiger partial charge in [-0.1, -0.05) is 0 Å². The van der Waals surface area contributed by atoms with Crippen LogP contribution in [-0.2, 0) is 9.47 Å². The number of aliphatic imine (C=N–C) groups is 1. The van der Waals surface area contributed by atoms with E-state index in [0.29, 0.717) is 19.1 Å². The molecule has 0 aromatic heterocycles. The van der Waals surface area contributed by atoms with Crippen LogP contribution < -0.4 is 10.2 Å². The van der Waals surface area contributed by atoms with Crippen molar-refractivity contribution >= 4 is 11.6 Å². The lowest BCUT2D eigenvalue weighted by molar-refractivity contribution is 0.0536. The van der Waals surface area contributed by atoms with Crippen LogP contribution >= 0.6 is 0 Å². The molecular weight excluding hydrogens is 397 g/mol. The highest BCUT2D eigenvalue weighted by Crippen LogP contribution is 2.18. The highest BCUT2D eigenvalue weighted by Gasteiger charge is 2.25. The summed E-state index contributed by atoms with van der Waals surface area (Å²) in [4.78, 5) is 12.0. The number of methoxy groups -OCH3 is 1. The predicted molar refractivity (Wildman–Crippen MR) is 123 cm³/mol. The molecule has 1 aromatic carbocycles. The SMILES string of the molecule is CCNC(=NCCN1CCN(c2ccc(F)cc2)CC1)N1CCC(COCCOC)C1. The average Bonchev–Trinajstić information content (AvgIpc) is 3.26. The fourth-order valence-electron chi connectivity index (χ4n) is 4.16. The molecule has 1 atom stereocenters. The summed E-state index contributed by atoms with van der Waals surface area (Å²) in [6.45, 7) is 12.8. The minimum atomic E-state index is -0.181. The summed E-state index contributed by atoms with van der Waals surface area (Å²) in [7, 11) is 1.70. The number of ether oxygens (including phenoxy) is 2. The van der Waals surface area contributed by atoms with Crippen LogP contribution in [0.3, 0.4) is 0 Å². The van der Waals surface area contributed by atoms with Crippen LogP contribution in [0.1, 0.15) is 13.3 Å². The number of benzene rings is 1. The van der Waals surface area contributed by atoms with Gasteiger partial charge in [-0.3, -0.25) is 9.89 Å². The van der Waals surface area contributed by atoms with Crippen molar-refractivity contribution < 1.29 is 13.9 Å². The third-order valence-electron chi connectivity index (χ3n) is 5.95. The first-order valence-corrected chi connectivity index (χ1v) is 11.5. The van der Waals surface area contributed by atoms with Gasteiger partial charge in [0.1, 0.15) is 5.82 Å². The largest absolute Gasteiger partial charge is 0.382 e. The van der Waals surface area contributed by atoms with E-state index in [1.165, 1.54) is 12.1 Å². The second-order valence-corrected chi connectivity index (χ2v) is 8.21. The summed E-state index contributed by atoms with van der Waals surface area (Å²) < 4.78 is 23.9. The average molecular weight is 436 g/mol. The molecule has 2 aliphatic rings. The zero-order valence-corrected chi connectivity index (χ0v) is 19.1. The van der Waals surface area contributed by atoms with Crippen molar-refractivity contribution in [2.24, 2.45) is 10.9 Å². The summed E-state index contributed by atoms with van der Waals surface area (Å²) in [6, 6.07) is 6.80. The van der Waals surface area contributed by atoms with Crippen LogP contribution in [0.15, 0.2) is 29.3 Å². The van der Waals surface area contributed by atoms with Gasteiger partial charge in [0.2, 0.25) is 0 Å². The first-order valence-electron chi connectivity index (χ1n) is 11.5. The summed E-state index contributed by atoms with van der Waals surface area (Å²) in [5, 5.41) is 3.45. The lowest BCUT2D eigenvalue weighted by atomic mass is 10.1. The Hall–Kier alpha value is -1.90. The van der Waals surface area contributed by atoms with Crippen molar-refractivity contribution in [3.63, 3.8) is 0 Å². The van der Waals surface area contributed by atoms with Crippen LogP contribution in [0, 0.1) is 11.7 Å². The Kier molecular flexibility index (Phi) is 9.84. The fraction of sp³-hybridized carbons (Fsp3) is 0.696. The van der Waals surface area contributed by atoms with Gasteiger partial charge >= 0.3 is 0 Å². The van der Waals surface area contributed by atoms with E-state index >= 15 is 0 Å². The van der Waals surface area contributed by atoms with E-state index in [-0.39, 0.29) is 5.82 Å². The second kappa shape index (κ2) is 12.8. The molecule has 1 N–H and O–H groups in total. The zero-order valence-electron chi connectivity index (χ0n) is 19.1. The standard InChI is InChI=1S/C23H38FN5O2/c1-3-25-23(29-10-8-20(18-29)19-31-17-16-30-2)26-9-11-27-12-14-28(15-13-27)22-6-4-21(24)5-7-22/h4-7,20H,3,8-19H2,1-2H3,(H,25,26). The molecule has 174 valence electrons. The number of likely N-dealkylation sites (tertiary alicyclic amines) is 1. The van der Waals surface area contributed by atoms with Gasteiger partial charge in [0.05, 0.1) is 26.4 Å². The number of hydrogen-bond acceptors (Lipinski definition) is 5. The monoisotopic (exact) mass is 435 g/mol. The summed E-state index contributed by atoms with van der Waals surface area (Å²) in [5.41, 5.74) is 1.10. The normalized spacial score (nSPS) is 20.5. The lowest BCUT2D eigenvalue weighted by Gasteiger charge is -2.36. The number of anilines is 1. The van der Waals surface area contributed by atoms with E-state index in [9.17, 15) is 4.39 Å².